The van der Waals surface area contributed by atoms with Crippen molar-refractivity contribution in [2.75, 3.05) is 6.54 Å². The maximum absolute atomic E-state index is 14.0. The zero-order valence-electron chi connectivity index (χ0n) is 24.0. The molecule has 0 aromatic heterocycles. The molecule has 8 nitrogen and oxygen atoms in total. The third-order valence-corrected chi connectivity index (χ3v) is 9.95. The standard InChI is InChI=1S/C31H30Cl3NO7S/c1-30(2)11-21-27(23(36)13-30)26(28-22(35(21)15-25(38)39)12-31(3,4)14-24(28)37)19-9-17(33)10-20(34)29(19)42-43(40,41)18-7-5-16(32)6-8-18/h5-10,26H,11-15H2,1-4H3,(H,38,39). The lowest BCUT2D eigenvalue weighted by Crippen LogP contribution is -2.45. The summed E-state index contributed by atoms with van der Waals surface area (Å²) in [4.78, 5) is 41.5. The summed E-state index contributed by atoms with van der Waals surface area (Å²) in [7, 11) is -4.45. The molecule has 0 radical (unpaired) electrons. The number of aliphatic carboxylic acids is 1. The SMILES string of the molecule is CC1(C)CC(=O)C2=C(C1)N(CC(=O)O)C1=C(C(=O)CC(C)(C)C1)C2c1cc(Cl)cc(Cl)c1OS(=O)(=O)c1ccc(Cl)cc1. The van der Waals surface area contributed by atoms with Crippen LogP contribution in [0.25, 0.3) is 0 Å². The molecule has 0 atom stereocenters. The van der Waals surface area contributed by atoms with Gasteiger partial charge in [0, 0.05) is 56.9 Å². The van der Waals surface area contributed by atoms with Crippen LogP contribution in [0.5, 0.6) is 5.75 Å². The van der Waals surface area contributed by atoms with E-state index in [1.54, 1.807) is 4.90 Å². The highest BCUT2D eigenvalue weighted by Crippen LogP contribution is 2.56. The van der Waals surface area contributed by atoms with Crippen molar-refractivity contribution in [3.8, 4) is 5.75 Å². The van der Waals surface area contributed by atoms with Gasteiger partial charge in [0.2, 0.25) is 0 Å². The van der Waals surface area contributed by atoms with Gasteiger partial charge in [0.1, 0.15) is 11.4 Å². The molecule has 2 aliphatic carbocycles. The monoisotopic (exact) mass is 665 g/mol. The van der Waals surface area contributed by atoms with E-state index < -0.39 is 39.4 Å². The number of nitrogens with zero attached hydrogens (tertiary/aromatic N) is 1. The van der Waals surface area contributed by atoms with Crippen LogP contribution in [0.3, 0.4) is 0 Å². The highest BCUT2D eigenvalue weighted by atomic mass is 35.5. The van der Waals surface area contributed by atoms with Crippen molar-refractivity contribution >= 4 is 62.5 Å². The first-order valence-corrected chi connectivity index (χ1v) is 16.1. The Labute approximate surface area is 265 Å². The number of carbonyl (C=O) groups is 3. The Morgan fingerprint density at radius 1 is 0.884 bits per heavy atom. The summed E-state index contributed by atoms with van der Waals surface area (Å²) in [6.07, 6.45) is 0.992. The van der Waals surface area contributed by atoms with E-state index in [1.807, 2.05) is 27.7 Å². The van der Waals surface area contributed by atoms with E-state index >= 15 is 0 Å². The number of carboxylic acids is 1. The van der Waals surface area contributed by atoms with Crippen LogP contribution in [0.4, 0.5) is 0 Å². The Kier molecular flexibility index (Phi) is 8.04. The number of halogens is 3. The first kappa shape index (κ1) is 31.6. The molecule has 228 valence electrons. The second-order valence-electron chi connectivity index (χ2n) is 12.8. The quantitative estimate of drug-likeness (QED) is 0.322. The number of benzene rings is 2. The molecule has 1 aliphatic heterocycles. The van der Waals surface area contributed by atoms with Crippen LogP contribution in [0, 0.1) is 10.8 Å². The molecule has 0 fully saturated rings. The van der Waals surface area contributed by atoms with Crippen molar-refractivity contribution in [2.24, 2.45) is 10.8 Å². The maximum Gasteiger partial charge on any atom is 0.339 e. The van der Waals surface area contributed by atoms with Crippen LogP contribution in [0.2, 0.25) is 15.1 Å². The highest BCUT2D eigenvalue weighted by Gasteiger charge is 2.50. The van der Waals surface area contributed by atoms with Crippen LogP contribution in [0.1, 0.15) is 64.9 Å². The van der Waals surface area contributed by atoms with Crippen LogP contribution in [-0.4, -0.2) is 42.5 Å². The summed E-state index contributed by atoms with van der Waals surface area (Å²) >= 11 is 19.0. The van der Waals surface area contributed by atoms with Crippen molar-refractivity contribution < 1.29 is 32.1 Å². The van der Waals surface area contributed by atoms with Gasteiger partial charge in [-0.25, -0.2) is 0 Å². The van der Waals surface area contributed by atoms with Gasteiger partial charge >= 0.3 is 16.1 Å². The van der Waals surface area contributed by atoms with Crippen molar-refractivity contribution in [1.29, 1.82) is 0 Å². The lowest BCUT2D eigenvalue weighted by Gasteiger charge is -2.48. The van der Waals surface area contributed by atoms with E-state index in [4.69, 9.17) is 39.0 Å². The molecule has 0 amide bonds. The smallest absolute Gasteiger partial charge is 0.339 e. The van der Waals surface area contributed by atoms with Crippen LogP contribution in [-0.2, 0) is 24.5 Å². The normalized spacial score (nSPS) is 20.2. The van der Waals surface area contributed by atoms with E-state index in [-0.39, 0.29) is 61.8 Å². The summed E-state index contributed by atoms with van der Waals surface area (Å²) in [6, 6.07) is 8.14. The maximum atomic E-state index is 14.0. The lowest BCUT2D eigenvalue weighted by molar-refractivity contribution is -0.138. The molecule has 2 aromatic carbocycles. The summed E-state index contributed by atoms with van der Waals surface area (Å²) in [5, 5.41) is 10.2. The molecule has 1 N–H and O–H groups in total. The van der Waals surface area contributed by atoms with Gasteiger partial charge in [-0.05, 0) is 60.1 Å². The van der Waals surface area contributed by atoms with Gasteiger partial charge in [-0.1, -0.05) is 62.5 Å². The minimum Gasteiger partial charge on any atom is -0.480 e. The topological polar surface area (TPSA) is 118 Å². The number of rotatable bonds is 6. The third kappa shape index (κ3) is 6.10. The Hall–Kier alpha value is -2.85. The van der Waals surface area contributed by atoms with Crippen molar-refractivity contribution in [2.45, 2.75) is 64.2 Å². The molecule has 43 heavy (non-hydrogen) atoms. The molecule has 0 unspecified atom stereocenters. The minimum absolute atomic E-state index is 0.131. The molecule has 0 saturated carbocycles. The van der Waals surface area contributed by atoms with E-state index in [1.165, 1.54) is 36.4 Å². The van der Waals surface area contributed by atoms with Gasteiger partial charge in [-0.3, -0.25) is 14.4 Å². The highest BCUT2D eigenvalue weighted by molar-refractivity contribution is 7.87. The number of Topliss-reactive ketones (excluding diaryl/α,β-unsaturated/α-hetero) is 2. The van der Waals surface area contributed by atoms with Gasteiger partial charge in [0.25, 0.3) is 0 Å². The molecule has 12 heteroatoms. The zero-order chi connectivity index (χ0) is 31.6. The first-order chi connectivity index (χ1) is 19.9. The van der Waals surface area contributed by atoms with E-state index in [9.17, 15) is 27.9 Å². The van der Waals surface area contributed by atoms with E-state index in [0.717, 1.165) is 0 Å². The molecular formula is C31H30Cl3NO7S. The van der Waals surface area contributed by atoms with Crippen LogP contribution < -0.4 is 4.18 Å². The van der Waals surface area contributed by atoms with Gasteiger partial charge in [0.15, 0.2) is 17.3 Å². The Balaban J connectivity index is 1.80. The third-order valence-electron chi connectivity index (χ3n) is 7.96. The van der Waals surface area contributed by atoms with Gasteiger partial charge in [-0.15, -0.1) is 0 Å². The Morgan fingerprint density at radius 3 is 1.88 bits per heavy atom. The van der Waals surface area contributed by atoms with Crippen molar-refractivity contribution in [3.63, 3.8) is 0 Å². The van der Waals surface area contributed by atoms with Gasteiger partial charge in [-0.2, -0.15) is 8.42 Å². The first-order valence-electron chi connectivity index (χ1n) is 13.6. The van der Waals surface area contributed by atoms with Crippen LogP contribution >= 0.6 is 34.8 Å². The number of hydrogen-bond donors (Lipinski definition) is 1. The van der Waals surface area contributed by atoms with Gasteiger partial charge in [0.05, 0.1) is 5.02 Å². The van der Waals surface area contributed by atoms with E-state index in [2.05, 4.69) is 0 Å². The lowest BCUT2D eigenvalue weighted by atomic mass is 9.63. The molecule has 0 bridgehead atoms. The number of allylic oxidation sites excluding steroid dienone is 4. The molecule has 3 aliphatic rings. The summed E-state index contributed by atoms with van der Waals surface area (Å²) in [5.41, 5.74) is 0.561. The van der Waals surface area contributed by atoms with Crippen molar-refractivity contribution in [3.05, 3.63) is 79.6 Å². The largest absolute Gasteiger partial charge is 0.480 e. The fourth-order valence-corrected chi connectivity index (χ4v) is 8.02. The average molecular weight is 667 g/mol. The summed E-state index contributed by atoms with van der Waals surface area (Å²) in [6.45, 7) is 7.25. The minimum atomic E-state index is -4.45. The summed E-state index contributed by atoms with van der Waals surface area (Å²) < 4.78 is 32.5. The second kappa shape index (κ2) is 10.9. The van der Waals surface area contributed by atoms with Gasteiger partial charge < -0.3 is 14.2 Å². The molecule has 0 saturated heterocycles. The molecule has 2 aromatic rings. The van der Waals surface area contributed by atoms with E-state index in [0.29, 0.717) is 29.3 Å². The average Bonchev–Trinajstić information content (AvgIpc) is 2.85. The predicted octanol–water partition coefficient (Wildman–Crippen LogP) is 7.18. The number of carboxylic acid groups (broad SMARTS) is 1. The fraction of sp³-hybridized carbons (Fsp3) is 0.387. The van der Waals surface area contributed by atoms with Crippen molar-refractivity contribution in [1.82, 2.24) is 4.90 Å². The molecule has 1 heterocycles. The van der Waals surface area contributed by atoms with Crippen LogP contribution in [0.15, 0.2) is 63.8 Å². The predicted molar refractivity (Wildman–Crippen MR) is 163 cm³/mol. The number of hydrogen-bond acceptors (Lipinski definition) is 7. The zero-order valence-corrected chi connectivity index (χ0v) is 27.0. The number of ketones is 2. The molecule has 0 spiro atoms. The Bertz CT molecular complexity index is 1690. The fourth-order valence-electron chi connectivity index (χ4n) is 6.33. The Morgan fingerprint density at radius 2 is 1.40 bits per heavy atom. The second-order valence-corrected chi connectivity index (χ2v) is 15.6. The molecular weight excluding hydrogens is 637 g/mol. The molecule has 5 rings (SSSR count). The number of carbonyl (C=O) groups excluding carboxylic acids is 2. The summed E-state index contributed by atoms with van der Waals surface area (Å²) in [5.74, 6) is -3.02.